The molecule has 2 unspecified atom stereocenters. The predicted octanol–water partition coefficient (Wildman–Crippen LogP) is 3.56. The molecule has 1 aliphatic rings. The Hall–Kier alpha value is -2.27. The summed E-state index contributed by atoms with van der Waals surface area (Å²) in [6.07, 6.45) is 0.187. The molecule has 4 nitrogen and oxygen atoms in total. The number of hydrogen-bond donors (Lipinski definition) is 1. The van der Waals surface area contributed by atoms with Gasteiger partial charge in [0, 0.05) is 24.5 Å². The second-order valence-electron chi connectivity index (χ2n) is 6.86. The van der Waals surface area contributed by atoms with Gasteiger partial charge in [0.25, 0.3) is 0 Å². The molecule has 0 aliphatic carbocycles. The van der Waals surface area contributed by atoms with Gasteiger partial charge in [0.05, 0.1) is 30.5 Å². The number of hydrogen-bond acceptors (Lipinski definition) is 4. The summed E-state index contributed by atoms with van der Waals surface area (Å²) in [4.78, 5) is 7.18. The SMILES string of the molecule is OC(CC1COCCN1Cc1ccc2ccccc2n1)c1ccccc1. The molecule has 26 heavy (non-hydrogen) atoms. The third kappa shape index (κ3) is 3.93. The minimum Gasteiger partial charge on any atom is -0.388 e. The highest BCUT2D eigenvalue weighted by Gasteiger charge is 2.26. The van der Waals surface area contributed by atoms with Crippen LogP contribution in [0, 0.1) is 0 Å². The number of aliphatic hydroxyl groups is 1. The lowest BCUT2D eigenvalue weighted by Gasteiger charge is -2.36. The summed E-state index contributed by atoms with van der Waals surface area (Å²) in [7, 11) is 0. The molecule has 1 aromatic heterocycles. The molecule has 1 N–H and O–H groups in total. The summed E-state index contributed by atoms with van der Waals surface area (Å²) >= 11 is 0. The average Bonchev–Trinajstić information content (AvgIpc) is 2.70. The van der Waals surface area contributed by atoms with Crippen molar-refractivity contribution in [3.8, 4) is 0 Å². The first kappa shape index (κ1) is 17.2. The lowest BCUT2D eigenvalue weighted by molar-refractivity contribution is -0.0304. The van der Waals surface area contributed by atoms with Crippen molar-refractivity contribution in [1.29, 1.82) is 0 Å². The van der Waals surface area contributed by atoms with Gasteiger partial charge in [-0.3, -0.25) is 9.88 Å². The van der Waals surface area contributed by atoms with Crippen molar-refractivity contribution in [2.75, 3.05) is 19.8 Å². The van der Waals surface area contributed by atoms with E-state index in [4.69, 9.17) is 9.72 Å². The first-order valence-electron chi connectivity index (χ1n) is 9.19. The van der Waals surface area contributed by atoms with Crippen LogP contribution in [0.2, 0.25) is 0 Å². The van der Waals surface area contributed by atoms with Gasteiger partial charge in [0.2, 0.25) is 0 Å². The summed E-state index contributed by atoms with van der Waals surface area (Å²) in [6, 6.07) is 22.5. The molecule has 0 spiro atoms. The smallest absolute Gasteiger partial charge is 0.0805 e. The molecule has 1 aliphatic heterocycles. The Morgan fingerprint density at radius 3 is 2.73 bits per heavy atom. The van der Waals surface area contributed by atoms with Gasteiger partial charge >= 0.3 is 0 Å². The molecule has 0 amide bonds. The second kappa shape index (κ2) is 7.96. The molecular weight excluding hydrogens is 324 g/mol. The van der Waals surface area contributed by atoms with Crippen molar-refractivity contribution < 1.29 is 9.84 Å². The van der Waals surface area contributed by atoms with E-state index in [0.29, 0.717) is 13.0 Å². The molecule has 4 heteroatoms. The predicted molar refractivity (Wildman–Crippen MR) is 103 cm³/mol. The number of fused-ring (bicyclic) bond motifs is 1. The Bertz CT molecular complexity index is 853. The molecule has 2 aromatic carbocycles. The van der Waals surface area contributed by atoms with Crippen molar-refractivity contribution >= 4 is 10.9 Å². The number of morpholine rings is 1. The Morgan fingerprint density at radius 2 is 1.85 bits per heavy atom. The van der Waals surface area contributed by atoms with Crippen LogP contribution in [0.3, 0.4) is 0 Å². The molecule has 4 rings (SSSR count). The second-order valence-corrected chi connectivity index (χ2v) is 6.86. The van der Waals surface area contributed by atoms with Gasteiger partial charge in [-0.1, -0.05) is 54.6 Å². The number of pyridine rings is 1. The highest BCUT2D eigenvalue weighted by atomic mass is 16.5. The maximum Gasteiger partial charge on any atom is 0.0805 e. The largest absolute Gasteiger partial charge is 0.388 e. The molecular formula is C22H24N2O2. The monoisotopic (exact) mass is 348 g/mol. The average molecular weight is 348 g/mol. The van der Waals surface area contributed by atoms with Gasteiger partial charge in [-0.15, -0.1) is 0 Å². The molecule has 134 valence electrons. The highest BCUT2D eigenvalue weighted by Crippen LogP contribution is 2.24. The highest BCUT2D eigenvalue weighted by molar-refractivity contribution is 5.78. The van der Waals surface area contributed by atoms with E-state index in [1.165, 1.54) is 0 Å². The molecule has 2 atom stereocenters. The van der Waals surface area contributed by atoms with Crippen LogP contribution in [-0.2, 0) is 11.3 Å². The van der Waals surface area contributed by atoms with Crippen LogP contribution in [0.15, 0.2) is 66.7 Å². The quantitative estimate of drug-likeness (QED) is 0.766. The van der Waals surface area contributed by atoms with Gasteiger partial charge in [0.15, 0.2) is 0 Å². The Labute approximate surface area is 154 Å². The Balaban J connectivity index is 1.48. The third-order valence-corrected chi connectivity index (χ3v) is 5.05. The fourth-order valence-electron chi connectivity index (χ4n) is 3.59. The number of aromatic nitrogens is 1. The number of aliphatic hydroxyl groups excluding tert-OH is 1. The fraction of sp³-hybridized carbons (Fsp3) is 0.318. The van der Waals surface area contributed by atoms with Crippen LogP contribution < -0.4 is 0 Å². The van der Waals surface area contributed by atoms with Gasteiger partial charge in [-0.2, -0.15) is 0 Å². The molecule has 1 fully saturated rings. The normalized spacial score (nSPS) is 19.5. The number of nitrogens with zero attached hydrogens (tertiary/aromatic N) is 2. The van der Waals surface area contributed by atoms with E-state index >= 15 is 0 Å². The number of ether oxygens (including phenoxy) is 1. The molecule has 0 radical (unpaired) electrons. The summed E-state index contributed by atoms with van der Waals surface area (Å²) in [6.45, 7) is 3.02. The van der Waals surface area contributed by atoms with Crippen LogP contribution in [0.4, 0.5) is 0 Å². The fourth-order valence-corrected chi connectivity index (χ4v) is 3.59. The summed E-state index contributed by atoms with van der Waals surface area (Å²) in [5.41, 5.74) is 3.05. The Kier molecular flexibility index (Phi) is 5.25. The van der Waals surface area contributed by atoms with Crippen LogP contribution in [0.1, 0.15) is 23.8 Å². The van der Waals surface area contributed by atoms with Gasteiger partial charge in [0.1, 0.15) is 0 Å². The first-order chi connectivity index (χ1) is 12.8. The molecule has 3 aromatic rings. The van der Waals surface area contributed by atoms with Crippen molar-refractivity contribution in [2.24, 2.45) is 0 Å². The summed E-state index contributed by atoms with van der Waals surface area (Å²) < 4.78 is 5.68. The van der Waals surface area contributed by atoms with Crippen molar-refractivity contribution in [2.45, 2.75) is 25.1 Å². The zero-order chi connectivity index (χ0) is 17.8. The molecule has 0 saturated carbocycles. The van der Waals surface area contributed by atoms with Crippen LogP contribution in [-0.4, -0.2) is 40.8 Å². The molecule has 0 bridgehead atoms. The number of benzene rings is 2. The van der Waals surface area contributed by atoms with E-state index in [9.17, 15) is 5.11 Å². The maximum absolute atomic E-state index is 10.6. The van der Waals surface area contributed by atoms with E-state index < -0.39 is 6.10 Å². The van der Waals surface area contributed by atoms with Crippen molar-refractivity contribution in [3.05, 3.63) is 78.0 Å². The van der Waals surface area contributed by atoms with Gasteiger partial charge in [-0.05, 0) is 24.1 Å². The zero-order valence-electron chi connectivity index (χ0n) is 14.8. The summed E-state index contributed by atoms with van der Waals surface area (Å²) in [5, 5.41) is 11.8. The lowest BCUT2D eigenvalue weighted by Crippen LogP contribution is -2.45. The standard InChI is InChI=1S/C22H24N2O2/c25-22(18-7-2-1-3-8-18)14-20-16-26-13-12-24(20)15-19-11-10-17-6-4-5-9-21(17)23-19/h1-11,20,22,25H,12-16H2. The molecule has 2 heterocycles. The lowest BCUT2D eigenvalue weighted by atomic mass is 10.0. The van der Waals surface area contributed by atoms with E-state index in [1.807, 2.05) is 42.5 Å². The Morgan fingerprint density at radius 1 is 1.04 bits per heavy atom. The number of rotatable bonds is 5. The van der Waals surface area contributed by atoms with E-state index in [2.05, 4.69) is 29.2 Å². The van der Waals surface area contributed by atoms with E-state index in [0.717, 1.165) is 41.9 Å². The minimum atomic E-state index is -0.477. The minimum absolute atomic E-state index is 0.187. The maximum atomic E-state index is 10.6. The van der Waals surface area contributed by atoms with E-state index in [1.54, 1.807) is 0 Å². The number of para-hydroxylation sites is 1. The van der Waals surface area contributed by atoms with Gasteiger partial charge in [-0.25, -0.2) is 0 Å². The van der Waals surface area contributed by atoms with Gasteiger partial charge < -0.3 is 9.84 Å². The molecule has 1 saturated heterocycles. The summed E-state index contributed by atoms with van der Waals surface area (Å²) in [5.74, 6) is 0. The zero-order valence-corrected chi connectivity index (χ0v) is 14.8. The van der Waals surface area contributed by atoms with E-state index in [-0.39, 0.29) is 6.04 Å². The van der Waals surface area contributed by atoms with Crippen molar-refractivity contribution in [1.82, 2.24) is 9.88 Å². The van der Waals surface area contributed by atoms with Crippen LogP contribution in [0.5, 0.6) is 0 Å². The topological polar surface area (TPSA) is 45.6 Å². The first-order valence-corrected chi connectivity index (χ1v) is 9.19. The van der Waals surface area contributed by atoms with Crippen LogP contribution >= 0.6 is 0 Å². The van der Waals surface area contributed by atoms with Crippen LogP contribution in [0.25, 0.3) is 10.9 Å². The third-order valence-electron chi connectivity index (χ3n) is 5.05. The van der Waals surface area contributed by atoms with Crippen molar-refractivity contribution in [3.63, 3.8) is 0 Å².